The van der Waals surface area contributed by atoms with E-state index in [-0.39, 0.29) is 16.8 Å². The van der Waals surface area contributed by atoms with Gasteiger partial charge in [0.25, 0.3) is 17.5 Å². The lowest BCUT2D eigenvalue weighted by molar-refractivity contribution is -0.385. The molecule has 1 N–H and O–H groups in total. The third-order valence-electron chi connectivity index (χ3n) is 3.86. The molecule has 0 fully saturated rings. The summed E-state index contributed by atoms with van der Waals surface area (Å²) < 4.78 is 0. The van der Waals surface area contributed by atoms with Gasteiger partial charge in [0.05, 0.1) is 16.1 Å². The number of benzene rings is 2. The summed E-state index contributed by atoms with van der Waals surface area (Å²) in [6.07, 6.45) is 0. The Kier molecular flexibility index (Phi) is 4.02. The molecule has 0 bridgehead atoms. The number of carbonyl (C=O) groups excluding carboxylic acids is 3. The van der Waals surface area contributed by atoms with Crippen molar-refractivity contribution in [2.45, 2.75) is 6.92 Å². The molecule has 2 aromatic rings. The van der Waals surface area contributed by atoms with Gasteiger partial charge in [-0.25, -0.2) is 0 Å². The van der Waals surface area contributed by atoms with Crippen LogP contribution in [0.3, 0.4) is 0 Å². The summed E-state index contributed by atoms with van der Waals surface area (Å²) in [5.74, 6) is -1.60. The molecule has 0 spiro atoms. The van der Waals surface area contributed by atoms with Gasteiger partial charge in [-0.2, -0.15) is 0 Å². The van der Waals surface area contributed by atoms with Crippen LogP contribution in [0.5, 0.6) is 0 Å². The van der Waals surface area contributed by atoms with Crippen molar-refractivity contribution in [3.63, 3.8) is 0 Å². The molecule has 8 heteroatoms. The summed E-state index contributed by atoms with van der Waals surface area (Å²) in [6, 6.07) is 10.5. The summed E-state index contributed by atoms with van der Waals surface area (Å²) in [7, 11) is 0. The van der Waals surface area contributed by atoms with Crippen LogP contribution in [0.2, 0.25) is 0 Å². The lowest BCUT2D eigenvalue weighted by Gasteiger charge is -2.13. The average Bonchev–Trinajstić information content (AvgIpc) is 2.80. The van der Waals surface area contributed by atoms with Crippen LogP contribution < -0.4 is 5.32 Å². The topological polar surface area (TPSA) is 110 Å². The highest BCUT2D eigenvalue weighted by Gasteiger charge is 2.36. The van der Waals surface area contributed by atoms with E-state index in [4.69, 9.17) is 0 Å². The highest BCUT2D eigenvalue weighted by molar-refractivity contribution is 6.22. The largest absolute Gasteiger partial charge is 0.325 e. The van der Waals surface area contributed by atoms with Crippen LogP contribution in [-0.4, -0.2) is 34.1 Å². The van der Waals surface area contributed by atoms with Crippen LogP contribution >= 0.6 is 0 Å². The molecule has 1 aliphatic heterocycles. The maximum atomic E-state index is 12.2. The van der Waals surface area contributed by atoms with E-state index in [1.807, 2.05) is 0 Å². The minimum absolute atomic E-state index is 0.0571. The number of fused-ring (bicyclic) bond motifs is 1. The Morgan fingerprint density at radius 2 is 1.72 bits per heavy atom. The number of imide groups is 1. The summed E-state index contributed by atoms with van der Waals surface area (Å²) in [4.78, 5) is 47.7. The normalized spacial score (nSPS) is 12.9. The van der Waals surface area contributed by atoms with Crippen molar-refractivity contribution in [2.24, 2.45) is 0 Å². The second-order valence-corrected chi connectivity index (χ2v) is 5.55. The van der Waals surface area contributed by atoms with Crippen molar-refractivity contribution < 1.29 is 19.3 Å². The second kappa shape index (κ2) is 6.16. The van der Waals surface area contributed by atoms with Crippen LogP contribution in [0.1, 0.15) is 26.3 Å². The number of rotatable bonds is 4. The molecule has 1 aliphatic rings. The molecule has 0 atom stereocenters. The predicted octanol–water partition coefficient (Wildman–Crippen LogP) is 2.14. The maximum absolute atomic E-state index is 12.2. The van der Waals surface area contributed by atoms with Crippen LogP contribution in [0.25, 0.3) is 0 Å². The van der Waals surface area contributed by atoms with Crippen molar-refractivity contribution in [3.8, 4) is 0 Å². The van der Waals surface area contributed by atoms with E-state index in [1.165, 1.54) is 30.3 Å². The van der Waals surface area contributed by atoms with Crippen molar-refractivity contribution in [2.75, 3.05) is 11.9 Å². The number of aryl methyl sites for hydroxylation is 1. The van der Waals surface area contributed by atoms with Gasteiger partial charge >= 0.3 is 0 Å². The zero-order valence-corrected chi connectivity index (χ0v) is 13.2. The molecular formula is C17H13N3O5. The van der Waals surface area contributed by atoms with Crippen LogP contribution in [-0.2, 0) is 4.79 Å². The highest BCUT2D eigenvalue weighted by Crippen LogP contribution is 2.23. The summed E-state index contributed by atoms with van der Waals surface area (Å²) in [5.41, 5.74) is 1.23. The first-order chi connectivity index (χ1) is 11.9. The van der Waals surface area contributed by atoms with Crippen LogP contribution in [0.4, 0.5) is 11.4 Å². The maximum Gasteiger partial charge on any atom is 0.272 e. The number of nitro benzene ring substituents is 1. The smallest absolute Gasteiger partial charge is 0.272 e. The van der Waals surface area contributed by atoms with Gasteiger partial charge in [0.1, 0.15) is 6.54 Å². The fourth-order valence-electron chi connectivity index (χ4n) is 2.66. The minimum Gasteiger partial charge on any atom is -0.325 e. The molecule has 2 aromatic carbocycles. The van der Waals surface area contributed by atoms with Crippen molar-refractivity contribution >= 4 is 29.1 Å². The van der Waals surface area contributed by atoms with E-state index < -0.39 is 29.2 Å². The van der Waals surface area contributed by atoms with E-state index in [2.05, 4.69) is 5.32 Å². The van der Waals surface area contributed by atoms with Gasteiger partial charge in [0, 0.05) is 17.3 Å². The number of nitrogens with one attached hydrogen (secondary N) is 1. The number of carbonyl (C=O) groups is 3. The molecule has 3 rings (SSSR count). The Hall–Kier alpha value is -3.55. The fraction of sp³-hybridized carbons (Fsp3) is 0.118. The van der Waals surface area contributed by atoms with Gasteiger partial charge in [-0.15, -0.1) is 0 Å². The van der Waals surface area contributed by atoms with Gasteiger partial charge in [-0.1, -0.05) is 12.1 Å². The van der Waals surface area contributed by atoms with Gasteiger partial charge < -0.3 is 5.32 Å². The molecule has 8 nitrogen and oxygen atoms in total. The zero-order chi connectivity index (χ0) is 18.1. The molecule has 3 amide bonds. The Balaban J connectivity index is 1.72. The van der Waals surface area contributed by atoms with Crippen molar-refractivity contribution in [1.29, 1.82) is 0 Å². The highest BCUT2D eigenvalue weighted by atomic mass is 16.6. The second-order valence-electron chi connectivity index (χ2n) is 5.55. The number of nitro groups is 1. The van der Waals surface area contributed by atoms with Gasteiger partial charge in [0.15, 0.2) is 0 Å². The third-order valence-corrected chi connectivity index (χ3v) is 3.86. The summed E-state index contributed by atoms with van der Waals surface area (Å²) >= 11 is 0. The molecule has 0 saturated heterocycles. The molecule has 0 unspecified atom stereocenters. The SMILES string of the molecule is Cc1cc(NC(=O)CN2C(=O)c3ccccc3C2=O)ccc1[N+](=O)[O-]. The Labute approximate surface area is 142 Å². The van der Waals surface area contributed by atoms with Crippen LogP contribution in [0.15, 0.2) is 42.5 Å². The van der Waals surface area contributed by atoms with Gasteiger partial charge in [0.2, 0.25) is 5.91 Å². The molecule has 0 aromatic heterocycles. The third kappa shape index (κ3) is 2.97. The lowest BCUT2D eigenvalue weighted by Crippen LogP contribution is -2.37. The fourth-order valence-corrected chi connectivity index (χ4v) is 2.66. The number of hydrogen-bond donors (Lipinski definition) is 1. The molecule has 25 heavy (non-hydrogen) atoms. The summed E-state index contributed by atoms with van der Waals surface area (Å²) in [6.45, 7) is 1.13. The Morgan fingerprint density at radius 1 is 1.12 bits per heavy atom. The molecule has 0 radical (unpaired) electrons. The zero-order valence-electron chi connectivity index (χ0n) is 13.2. The van der Waals surface area contributed by atoms with E-state index in [0.717, 1.165) is 4.90 Å². The first kappa shape index (κ1) is 16.3. The minimum atomic E-state index is -0.567. The van der Waals surface area contributed by atoms with E-state index >= 15 is 0 Å². The molecule has 1 heterocycles. The number of amides is 3. The first-order valence-corrected chi connectivity index (χ1v) is 7.38. The van der Waals surface area contributed by atoms with Gasteiger partial charge in [-0.3, -0.25) is 29.4 Å². The van der Waals surface area contributed by atoms with Crippen molar-refractivity contribution in [1.82, 2.24) is 4.90 Å². The number of anilines is 1. The monoisotopic (exact) mass is 339 g/mol. The van der Waals surface area contributed by atoms with E-state index in [9.17, 15) is 24.5 Å². The summed E-state index contributed by atoms with van der Waals surface area (Å²) in [5, 5.41) is 13.3. The van der Waals surface area contributed by atoms with Crippen LogP contribution in [0, 0.1) is 17.0 Å². The first-order valence-electron chi connectivity index (χ1n) is 7.38. The van der Waals surface area contributed by atoms with E-state index in [0.29, 0.717) is 11.3 Å². The molecule has 0 saturated carbocycles. The van der Waals surface area contributed by atoms with Gasteiger partial charge in [-0.05, 0) is 31.2 Å². The Morgan fingerprint density at radius 3 is 2.24 bits per heavy atom. The van der Waals surface area contributed by atoms with E-state index in [1.54, 1.807) is 19.1 Å². The molecule has 126 valence electrons. The average molecular weight is 339 g/mol. The van der Waals surface area contributed by atoms with Crippen molar-refractivity contribution in [3.05, 3.63) is 69.3 Å². The molecular weight excluding hydrogens is 326 g/mol. The Bertz CT molecular complexity index is 887. The quantitative estimate of drug-likeness (QED) is 0.521. The lowest BCUT2D eigenvalue weighted by atomic mass is 10.1. The molecule has 0 aliphatic carbocycles. The standard InChI is InChI=1S/C17H13N3O5/c1-10-8-11(6-7-14(10)20(24)25)18-15(21)9-19-16(22)12-4-2-3-5-13(12)17(19)23/h2-8H,9H2,1H3,(H,18,21). The number of hydrogen-bond acceptors (Lipinski definition) is 5. The predicted molar refractivity (Wildman–Crippen MR) is 88.3 cm³/mol. The number of nitrogens with zero attached hydrogens (tertiary/aromatic N) is 2.